The second-order valence-corrected chi connectivity index (χ2v) is 4.96. The average molecular weight is 306 g/mol. The van der Waals surface area contributed by atoms with E-state index in [9.17, 15) is 0 Å². The fraction of sp³-hybridized carbons (Fsp3) is 0.167. The molecule has 5 nitrogen and oxygen atoms in total. The zero-order valence-electron chi connectivity index (χ0n) is 12.9. The fourth-order valence-electron chi connectivity index (χ4n) is 2.18. The van der Waals surface area contributed by atoms with Crippen molar-refractivity contribution < 1.29 is 4.74 Å². The molecule has 0 atom stereocenters. The third kappa shape index (κ3) is 3.90. The predicted octanol–water partition coefficient (Wildman–Crippen LogP) is 3.26. The Labute approximate surface area is 135 Å². The standard InChI is InChI=1S/C18H18N4O/c1-23-12-11-20-17-13-16(15-9-5-6-10-19-15)21-18(22-17)14-7-3-2-4-8-14/h2-10,13H,11-12H2,1H3,(H,20,21,22). The summed E-state index contributed by atoms with van der Waals surface area (Å²) in [6.07, 6.45) is 1.76. The number of nitrogens with zero attached hydrogens (tertiary/aromatic N) is 3. The van der Waals surface area contributed by atoms with E-state index in [1.165, 1.54) is 0 Å². The van der Waals surface area contributed by atoms with E-state index in [0.29, 0.717) is 19.0 Å². The molecule has 2 aromatic heterocycles. The van der Waals surface area contributed by atoms with Gasteiger partial charge in [-0.05, 0) is 12.1 Å². The van der Waals surface area contributed by atoms with E-state index in [0.717, 1.165) is 22.8 Å². The summed E-state index contributed by atoms with van der Waals surface area (Å²) in [6, 6.07) is 17.6. The smallest absolute Gasteiger partial charge is 0.162 e. The van der Waals surface area contributed by atoms with E-state index in [1.54, 1.807) is 13.3 Å². The molecule has 0 aliphatic heterocycles. The number of ether oxygens (including phenoxy) is 1. The van der Waals surface area contributed by atoms with Crippen molar-refractivity contribution in [2.75, 3.05) is 25.6 Å². The molecule has 0 saturated heterocycles. The normalized spacial score (nSPS) is 10.5. The highest BCUT2D eigenvalue weighted by Crippen LogP contribution is 2.22. The third-order valence-corrected chi connectivity index (χ3v) is 3.30. The molecular weight excluding hydrogens is 288 g/mol. The van der Waals surface area contributed by atoms with Crippen molar-refractivity contribution in [3.8, 4) is 22.8 Å². The van der Waals surface area contributed by atoms with Crippen LogP contribution in [-0.4, -0.2) is 35.2 Å². The van der Waals surface area contributed by atoms with Crippen LogP contribution in [0, 0.1) is 0 Å². The molecule has 0 saturated carbocycles. The summed E-state index contributed by atoms with van der Waals surface area (Å²) in [5.41, 5.74) is 2.58. The van der Waals surface area contributed by atoms with E-state index < -0.39 is 0 Å². The van der Waals surface area contributed by atoms with Crippen molar-refractivity contribution >= 4 is 5.82 Å². The van der Waals surface area contributed by atoms with Crippen molar-refractivity contribution in [1.29, 1.82) is 0 Å². The Balaban J connectivity index is 2.00. The molecule has 0 spiro atoms. The van der Waals surface area contributed by atoms with Crippen LogP contribution < -0.4 is 5.32 Å². The first-order valence-electron chi connectivity index (χ1n) is 7.45. The Bertz CT molecular complexity index is 690. The Morgan fingerprint density at radius 3 is 2.52 bits per heavy atom. The first kappa shape index (κ1) is 15.1. The number of benzene rings is 1. The monoisotopic (exact) mass is 306 g/mol. The molecule has 2 heterocycles. The molecule has 3 aromatic rings. The van der Waals surface area contributed by atoms with Crippen LogP contribution in [0.4, 0.5) is 5.82 Å². The van der Waals surface area contributed by atoms with Crippen molar-refractivity contribution in [2.24, 2.45) is 0 Å². The molecule has 116 valence electrons. The lowest BCUT2D eigenvalue weighted by atomic mass is 10.2. The minimum absolute atomic E-state index is 0.615. The van der Waals surface area contributed by atoms with Crippen LogP contribution in [0.1, 0.15) is 0 Å². The van der Waals surface area contributed by atoms with Gasteiger partial charge in [0.1, 0.15) is 5.82 Å². The van der Waals surface area contributed by atoms with Crippen LogP contribution in [0.25, 0.3) is 22.8 Å². The van der Waals surface area contributed by atoms with E-state index in [4.69, 9.17) is 4.74 Å². The molecule has 0 fully saturated rings. The Hall–Kier alpha value is -2.79. The van der Waals surface area contributed by atoms with Crippen molar-refractivity contribution in [2.45, 2.75) is 0 Å². The highest BCUT2D eigenvalue weighted by molar-refractivity contribution is 5.65. The lowest BCUT2D eigenvalue weighted by Crippen LogP contribution is -2.10. The molecule has 1 aromatic carbocycles. The Morgan fingerprint density at radius 1 is 0.957 bits per heavy atom. The number of aromatic nitrogens is 3. The van der Waals surface area contributed by atoms with Gasteiger partial charge in [0.05, 0.1) is 18.0 Å². The lowest BCUT2D eigenvalue weighted by Gasteiger charge is -2.10. The zero-order valence-corrected chi connectivity index (χ0v) is 12.9. The summed E-state index contributed by atoms with van der Waals surface area (Å²) in [4.78, 5) is 13.6. The van der Waals surface area contributed by atoms with E-state index in [-0.39, 0.29) is 0 Å². The average Bonchev–Trinajstić information content (AvgIpc) is 2.63. The molecule has 5 heteroatoms. The largest absolute Gasteiger partial charge is 0.383 e. The second-order valence-electron chi connectivity index (χ2n) is 4.96. The van der Waals surface area contributed by atoms with E-state index >= 15 is 0 Å². The van der Waals surface area contributed by atoms with Crippen LogP contribution in [0.5, 0.6) is 0 Å². The van der Waals surface area contributed by atoms with Crippen molar-refractivity contribution in [1.82, 2.24) is 15.0 Å². The highest BCUT2D eigenvalue weighted by atomic mass is 16.5. The maximum absolute atomic E-state index is 5.08. The molecule has 0 bridgehead atoms. The molecule has 0 amide bonds. The number of rotatable bonds is 6. The summed E-state index contributed by atoms with van der Waals surface area (Å²) in [5, 5.41) is 3.26. The van der Waals surface area contributed by atoms with Crippen LogP contribution in [0.15, 0.2) is 60.8 Å². The minimum Gasteiger partial charge on any atom is -0.383 e. The molecule has 23 heavy (non-hydrogen) atoms. The van der Waals surface area contributed by atoms with Gasteiger partial charge in [-0.1, -0.05) is 36.4 Å². The fourth-order valence-corrected chi connectivity index (χ4v) is 2.18. The third-order valence-electron chi connectivity index (χ3n) is 3.30. The van der Waals surface area contributed by atoms with Gasteiger partial charge in [0.2, 0.25) is 0 Å². The van der Waals surface area contributed by atoms with Gasteiger partial charge in [0.25, 0.3) is 0 Å². The maximum atomic E-state index is 5.08. The summed E-state index contributed by atoms with van der Waals surface area (Å²) in [5.74, 6) is 1.44. The highest BCUT2D eigenvalue weighted by Gasteiger charge is 2.09. The van der Waals surface area contributed by atoms with Gasteiger partial charge < -0.3 is 10.1 Å². The SMILES string of the molecule is COCCNc1cc(-c2ccccn2)nc(-c2ccccc2)n1. The molecule has 3 rings (SSSR count). The van der Waals surface area contributed by atoms with Crippen LogP contribution in [0.2, 0.25) is 0 Å². The Morgan fingerprint density at radius 2 is 1.78 bits per heavy atom. The number of nitrogens with one attached hydrogen (secondary N) is 1. The topological polar surface area (TPSA) is 59.9 Å². The molecule has 0 unspecified atom stereocenters. The number of methoxy groups -OCH3 is 1. The molecule has 0 aliphatic carbocycles. The number of anilines is 1. The van der Waals surface area contributed by atoms with Gasteiger partial charge in [-0.15, -0.1) is 0 Å². The van der Waals surface area contributed by atoms with Crippen LogP contribution in [0.3, 0.4) is 0 Å². The van der Waals surface area contributed by atoms with Gasteiger partial charge >= 0.3 is 0 Å². The Kier molecular flexibility index (Phi) is 4.91. The van der Waals surface area contributed by atoms with Crippen LogP contribution >= 0.6 is 0 Å². The van der Waals surface area contributed by atoms with Crippen molar-refractivity contribution in [3.63, 3.8) is 0 Å². The zero-order chi connectivity index (χ0) is 15.9. The van der Waals surface area contributed by atoms with Gasteiger partial charge in [-0.25, -0.2) is 9.97 Å². The van der Waals surface area contributed by atoms with Gasteiger partial charge in [0, 0.05) is 31.5 Å². The van der Waals surface area contributed by atoms with Gasteiger partial charge in [0.15, 0.2) is 5.82 Å². The van der Waals surface area contributed by atoms with Gasteiger partial charge in [-0.2, -0.15) is 0 Å². The van der Waals surface area contributed by atoms with Crippen LogP contribution in [-0.2, 0) is 4.74 Å². The molecule has 0 radical (unpaired) electrons. The summed E-state index contributed by atoms with van der Waals surface area (Å²) in [7, 11) is 1.68. The maximum Gasteiger partial charge on any atom is 0.162 e. The van der Waals surface area contributed by atoms with Crippen molar-refractivity contribution in [3.05, 3.63) is 60.8 Å². The molecule has 1 N–H and O–H groups in total. The second kappa shape index (κ2) is 7.47. The number of hydrogen-bond donors (Lipinski definition) is 1. The van der Waals surface area contributed by atoms with Gasteiger partial charge in [-0.3, -0.25) is 4.98 Å². The quantitative estimate of drug-likeness (QED) is 0.708. The first-order chi connectivity index (χ1) is 11.4. The lowest BCUT2D eigenvalue weighted by molar-refractivity contribution is 0.210. The summed E-state index contributed by atoms with van der Waals surface area (Å²) < 4.78 is 5.08. The molecule has 0 aliphatic rings. The molecular formula is C18H18N4O. The first-order valence-corrected chi connectivity index (χ1v) is 7.45. The summed E-state index contributed by atoms with van der Waals surface area (Å²) >= 11 is 0. The summed E-state index contributed by atoms with van der Waals surface area (Å²) in [6.45, 7) is 1.30. The predicted molar refractivity (Wildman–Crippen MR) is 91.1 cm³/mol. The van der Waals surface area contributed by atoms with E-state index in [1.807, 2.05) is 54.6 Å². The number of pyridine rings is 1. The number of hydrogen-bond acceptors (Lipinski definition) is 5. The van der Waals surface area contributed by atoms with E-state index in [2.05, 4.69) is 20.3 Å². The minimum atomic E-state index is 0.615.